The highest BCUT2D eigenvalue weighted by Crippen LogP contribution is 2.18. The molecule has 0 aromatic carbocycles. The summed E-state index contributed by atoms with van der Waals surface area (Å²) < 4.78 is 54.9. The Morgan fingerprint density at radius 2 is 1.38 bits per heavy atom. The van der Waals surface area contributed by atoms with Crippen molar-refractivity contribution < 1.29 is 25.8 Å². The van der Waals surface area contributed by atoms with Gasteiger partial charge in [0.2, 0.25) is 0 Å². The van der Waals surface area contributed by atoms with Crippen molar-refractivity contribution in [2.24, 2.45) is 0 Å². The first-order valence-electron chi connectivity index (χ1n) is 3.02. The van der Waals surface area contributed by atoms with Crippen LogP contribution in [0.15, 0.2) is 0 Å². The topological polar surface area (TPSA) is 46.6 Å². The van der Waals surface area contributed by atoms with Gasteiger partial charge in [0.15, 0.2) is 0 Å². The van der Waals surface area contributed by atoms with E-state index in [1.807, 2.05) is 26.0 Å². The Bertz CT molecular complexity index is 219. The van der Waals surface area contributed by atoms with Gasteiger partial charge >= 0.3 is 6.36 Å². The number of hydrogen-bond acceptors (Lipinski definition) is 4. The third-order valence-corrected chi connectivity index (χ3v) is 0.738. The first-order valence-corrected chi connectivity index (χ1v) is 4.84. The quantitative estimate of drug-likeness (QED) is 0.613. The molecule has 0 rings (SSSR count). The third kappa shape index (κ3) is 34.0. The van der Waals surface area contributed by atoms with Gasteiger partial charge in [-0.15, -0.1) is 13.2 Å². The molecule has 0 aromatic rings. The normalized spacial score (nSPS) is 12.3. The molecular weight excluding hydrogens is 211 g/mol. The first-order chi connectivity index (χ1) is 5.44. The summed E-state index contributed by atoms with van der Waals surface area (Å²) in [6, 6.07) is 0. The van der Waals surface area contributed by atoms with Crippen LogP contribution in [0.1, 0.15) is 0 Å². The Morgan fingerprint density at radius 1 is 1.15 bits per heavy atom. The lowest BCUT2D eigenvalue weighted by atomic mass is 11.0. The average Bonchev–Trinajstić information content (AvgIpc) is 1.47. The zero-order chi connectivity index (χ0) is 11.3. The van der Waals surface area contributed by atoms with Crippen molar-refractivity contribution in [2.75, 3.05) is 27.4 Å². The molecule has 0 bridgehead atoms. The van der Waals surface area contributed by atoms with E-state index < -0.39 is 16.5 Å². The summed E-state index contributed by atoms with van der Waals surface area (Å²) in [6.45, 7) is 0. The van der Waals surface area contributed by atoms with E-state index in [1.54, 1.807) is 0 Å². The SMILES string of the molecule is CN(C)C.CS(=O)(=O)OC(F)(F)F. The number of halogens is 3. The summed E-state index contributed by atoms with van der Waals surface area (Å²) in [7, 11) is 1.59. The zero-order valence-electron chi connectivity index (χ0n) is 7.71. The third-order valence-electron chi connectivity index (χ3n) is 0.246. The summed E-state index contributed by atoms with van der Waals surface area (Å²) in [4.78, 5) is 2.00. The van der Waals surface area contributed by atoms with Crippen molar-refractivity contribution >= 4 is 10.1 Å². The van der Waals surface area contributed by atoms with Crippen LogP contribution < -0.4 is 0 Å². The lowest BCUT2D eigenvalue weighted by Crippen LogP contribution is -2.18. The molecule has 4 nitrogen and oxygen atoms in total. The lowest BCUT2D eigenvalue weighted by molar-refractivity contribution is -0.271. The number of nitrogens with zero attached hydrogens (tertiary/aromatic N) is 1. The van der Waals surface area contributed by atoms with Gasteiger partial charge in [-0.05, 0) is 21.1 Å². The van der Waals surface area contributed by atoms with E-state index in [1.165, 1.54) is 0 Å². The maximum Gasteiger partial charge on any atom is 0.537 e. The monoisotopic (exact) mass is 223 g/mol. The van der Waals surface area contributed by atoms with Crippen LogP contribution in [0.25, 0.3) is 0 Å². The Hall–Kier alpha value is -0.340. The smallest absolute Gasteiger partial charge is 0.312 e. The van der Waals surface area contributed by atoms with Gasteiger partial charge < -0.3 is 4.90 Å². The van der Waals surface area contributed by atoms with E-state index in [9.17, 15) is 21.6 Å². The summed E-state index contributed by atoms with van der Waals surface area (Å²) in [5.74, 6) is 0. The summed E-state index contributed by atoms with van der Waals surface area (Å²) in [6.07, 6.45) is -4.78. The van der Waals surface area contributed by atoms with Crippen molar-refractivity contribution in [3.63, 3.8) is 0 Å². The molecule has 0 radical (unpaired) electrons. The first kappa shape index (κ1) is 15.1. The van der Waals surface area contributed by atoms with Crippen LogP contribution in [0.3, 0.4) is 0 Å². The molecule has 0 saturated carbocycles. The van der Waals surface area contributed by atoms with E-state index in [0.29, 0.717) is 6.26 Å². The Kier molecular flexibility index (Phi) is 6.30. The van der Waals surface area contributed by atoms with Gasteiger partial charge in [0, 0.05) is 0 Å². The predicted octanol–water partition coefficient (Wildman–Crippen LogP) is 0.660. The Morgan fingerprint density at radius 3 is 1.38 bits per heavy atom. The molecule has 0 heterocycles. The largest absolute Gasteiger partial charge is 0.537 e. The highest BCUT2D eigenvalue weighted by Gasteiger charge is 2.34. The van der Waals surface area contributed by atoms with Crippen molar-refractivity contribution in [3.05, 3.63) is 0 Å². The molecule has 0 aromatic heterocycles. The highest BCUT2D eigenvalue weighted by atomic mass is 32.2. The summed E-state index contributed by atoms with van der Waals surface area (Å²) in [5, 5.41) is 0. The van der Waals surface area contributed by atoms with E-state index in [4.69, 9.17) is 0 Å². The van der Waals surface area contributed by atoms with Crippen molar-refractivity contribution in [2.45, 2.75) is 6.36 Å². The van der Waals surface area contributed by atoms with Crippen LogP contribution in [-0.4, -0.2) is 47.1 Å². The maximum absolute atomic E-state index is 11.0. The second kappa shape index (κ2) is 5.40. The molecule has 0 spiro atoms. The summed E-state index contributed by atoms with van der Waals surface area (Å²) in [5.41, 5.74) is 0. The van der Waals surface area contributed by atoms with Crippen LogP contribution in [0.2, 0.25) is 0 Å². The van der Waals surface area contributed by atoms with Gasteiger partial charge in [0.05, 0.1) is 6.26 Å². The molecule has 13 heavy (non-hydrogen) atoms. The highest BCUT2D eigenvalue weighted by molar-refractivity contribution is 7.86. The van der Waals surface area contributed by atoms with Crippen LogP contribution in [0, 0.1) is 0 Å². The molecule has 0 aliphatic heterocycles. The fraction of sp³-hybridized carbons (Fsp3) is 1.00. The average molecular weight is 223 g/mol. The maximum atomic E-state index is 11.0. The van der Waals surface area contributed by atoms with E-state index in [-0.39, 0.29) is 0 Å². The molecule has 0 saturated heterocycles. The molecule has 0 aliphatic rings. The molecule has 0 atom stereocenters. The van der Waals surface area contributed by atoms with Crippen LogP contribution in [0.4, 0.5) is 13.2 Å². The lowest BCUT2D eigenvalue weighted by Gasteiger charge is -2.01. The number of hydrogen-bond donors (Lipinski definition) is 0. The minimum absolute atomic E-state index is 0.320. The van der Waals surface area contributed by atoms with Gasteiger partial charge in [-0.25, -0.2) is 0 Å². The van der Waals surface area contributed by atoms with Crippen molar-refractivity contribution in [3.8, 4) is 0 Å². The second-order valence-corrected chi connectivity index (χ2v) is 4.15. The molecular formula is C5H12F3NO3S. The minimum atomic E-state index is -5.10. The molecule has 0 N–H and O–H groups in total. The van der Waals surface area contributed by atoms with E-state index in [2.05, 4.69) is 4.18 Å². The van der Waals surface area contributed by atoms with Gasteiger partial charge in [0.25, 0.3) is 10.1 Å². The van der Waals surface area contributed by atoms with E-state index in [0.717, 1.165) is 0 Å². The fourth-order valence-corrected chi connectivity index (χ4v) is 0.515. The van der Waals surface area contributed by atoms with Gasteiger partial charge in [-0.2, -0.15) is 12.6 Å². The standard InChI is InChI=1S/C3H9N.C2H3F3O3S/c1-4(2)3;1-9(6,7)8-2(3,4)5/h1-3H3;1H3. The Labute approximate surface area is 75.4 Å². The molecule has 0 fully saturated rings. The minimum Gasteiger partial charge on any atom is -0.312 e. The van der Waals surface area contributed by atoms with Crippen LogP contribution in [-0.2, 0) is 14.3 Å². The molecule has 0 aliphatic carbocycles. The predicted molar refractivity (Wildman–Crippen MR) is 41.6 cm³/mol. The van der Waals surface area contributed by atoms with Crippen LogP contribution in [0.5, 0.6) is 0 Å². The molecule has 8 heteroatoms. The Balaban J connectivity index is 0. The molecule has 0 amide bonds. The number of alkyl halides is 3. The van der Waals surface area contributed by atoms with Gasteiger partial charge in [-0.3, -0.25) is 0 Å². The van der Waals surface area contributed by atoms with Crippen molar-refractivity contribution in [1.82, 2.24) is 4.90 Å². The zero-order valence-corrected chi connectivity index (χ0v) is 8.53. The molecule has 82 valence electrons. The van der Waals surface area contributed by atoms with Crippen LogP contribution >= 0.6 is 0 Å². The van der Waals surface area contributed by atoms with Crippen molar-refractivity contribution in [1.29, 1.82) is 0 Å². The van der Waals surface area contributed by atoms with Gasteiger partial charge in [-0.1, -0.05) is 0 Å². The second-order valence-electron chi connectivity index (χ2n) is 2.57. The van der Waals surface area contributed by atoms with Gasteiger partial charge in [0.1, 0.15) is 0 Å². The fourth-order valence-electron chi connectivity index (χ4n) is 0.172. The van der Waals surface area contributed by atoms with E-state index >= 15 is 0 Å². The summed E-state index contributed by atoms with van der Waals surface area (Å²) >= 11 is 0. The number of rotatable bonds is 1. The molecule has 0 unspecified atom stereocenters.